The molecule has 0 saturated carbocycles. The average molecular weight is 924 g/mol. The van der Waals surface area contributed by atoms with Crippen LogP contribution in [-0.2, 0) is 30.5 Å². The predicted molar refractivity (Wildman–Crippen MR) is 255 cm³/mol. The molecule has 0 N–H and O–H groups in total. The van der Waals surface area contributed by atoms with E-state index in [4.69, 9.17) is 35.3 Å². The van der Waals surface area contributed by atoms with Crippen LogP contribution in [0, 0.1) is 0 Å². The Bertz CT molecular complexity index is 1790. The lowest BCUT2D eigenvalue weighted by Crippen LogP contribution is -2.47. The van der Waals surface area contributed by atoms with Crippen molar-refractivity contribution in [2.24, 2.45) is 0 Å². The van der Waals surface area contributed by atoms with E-state index in [1.807, 2.05) is 48.5 Å². The molecule has 0 heterocycles. The van der Waals surface area contributed by atoms with Crippen LogP contribution in [0.3, 0.4) is 0 Å². The molecule has 0 aliphatic carbocycles. The molecule has 0 radical (unpaired) electrons. The highest BCUT2D eigenvalue weighted by molar-refractivity contribution is 8.16. The lowest BCUT2D eigenvalue weighted by atomic mass is 10.1. The number of rotatable bonds is 32. The summed E-state index contributed by atoms with van der Waals surface area (Å²) in [5, 5.41) is 0. The minimum atomic E-state index is -1.92. The van der Waals surface area contributed by atoms with Crippen LogP contribution in [0.4, 0.5) is 4.39 Å². The van der Waals surface area contributed by atoms with Crippen LogP contribution in [0.15, 0.2) is 109 Å². The Labute approximate surface area is 387 Å². The first-order valence-electron chi connectivity index (χ1n) is 22.4. The van der Waals surface area contributed by atoms with Gasteiger partial charge in [-0.2, -0.15) is 0 Å². The van der Waals surface area contributed by atoms with Crippen molar-refractivity contribution in [2.75, 3.05) is 25.7 Å². The topological polar surface area (TPSA) is 97.4 Å². The van der Waals surface area contributed by atoms with Crippen molar-refractivity contribution < 1.29 is 42.5 Å². The Balaban J connectivity index is 1.54. The second kappa shape index (κ2) is 30.8. The van der Waals surface area contributed by atoms with E-state index in [-0.39, 0.29) is 11.1 Å². The van der Waals surface area contributed by atoms with Crippen LogP contribution in [0.2, 0.25) is 0 Å². The van der Waals surface area contributed by atoms with E-state index in [0.29, 0.717) is 24.7 Å². The Morgan fingerprint density at radius 2 is 1.02 bits per heavy atom. The van der Waals surface area contributed by atoms with Crippen molar-refractivity contribution in [1.29, 1.82) is 0 Å². The second-order valence-corrected chi connectivity index (χ2v) is 18.1. The summed E-state index contributed by atoms with van der Waals surface area (Å²) in [6, 6.07) is 31.9. The van der Waals surface area contributed by atoms with E-state index in [9.17, 15) is 14.4 Å². The van der Waals surface area contributed by atoms with E-state index in [0.717, 1.165) is 48.3 Å². The van der Waals surface area contributed by atoms with Crippen LogP contribution in [0.25, 0.3) is 0 Å². The molecule has 0 saturated heterocycles. The minimum absolute atomic E-state index is 0.174. The van der Waals surface area contributed by atoms with Gasteiger partial charge in [-0.25, -0.2) is 14.0 Å². The molecule has 63 heavy (non-hydrogen) atoms. The van der Waals surface area contributed by atoms with Gasteiger partial charge >= 0.3 is 17.9 Å². The van der Waals surface area contributed by atoms with Crippen LogP contribution in [0.5, 0.6) is 11.5 Å². The summed E-state index contributed by atoms with van der Waals surface area (Å²) in [5.41, 5.74) is 2.30. The zero-order valence-electron chi connectivity index (χ0n) is 36.8. The molecule has 0 aromatic heterocycles. The minimum Gasteiger partial charge on any atom is -0.494 e. The normalized spacial score (nSPS) is 12.6. The number of thioether (sulfide) groups is 2. The fraction of sp³-hybridized carbons (Fsp3) is 0.471. The molecule has 0 bridgehead atoms. The average Bonchev–Trinajstić information content (AvgIpc) is 3.32. The maximum Gasteiger partial charge on any atom is 0.338 e. The van der Waals surface area contributed by atoms with Crippen LogP contribution >= 0.6 is 35.1 Å². The van der Waals surface area contributed by atoms with Gasteiger partial charge in [-0.1, -0.05) is 139 Å². The molecule has 4 aromatic rings. The Morgan fingerprint density at radius 3 is 1.48 bits per heavy atom. The number of unbranched alkanes of at least 4 members (excludes halogenated alkanes) is 10. The first-order chi connectivity index (χ1) is 30.8. The van der Waals surface area contributed by atoms with Crippen LogP contribution in [-0.4, -0.2) is 66.6 Å². The van der Waals surface area contributed by atoms with E-state index in [1.54, 1.807) is 60.7 Å². The highest BCUT2D eigenvalue weighted by atomic mass is 35.5. The summed E-state index contributed by atoms with van der Waals surface area (Å²) >= 11 is 8.54. The molecule has 0 aliphatic rings. The molecule has 0 amide bonds. The molecule has 0 aliphatic heterocycles. The van der Waals surface area contributed by atoms with Gasteiger partial charge in [-0.3, -0.25) is 4.79 Å². The molecule has 4 aromatic carbocycles. The number of carbonyl (C=O) groups excluding carboxylic acids is 3. The van der Waals surface area contributed by atoms with Gasteiger partial charge in [0.1, 0.15) is 24.0 Å². The van der Waals surface area contributed by atoms with E-state index in [1.165, 1.54) is 74.9 Å². The van der Waals surface area contributed by atoms with Gasteiger partial charge < -0.3 is 23.7 Å². The van der Waals surface area contributed by atoms with Gasteiger partial charge in [-0.05, 0) is 72.5 Å². The van der Waals surface area contributed by atoms with Gasteiger partial charge in [0, 0.05) is 11.5 Å². The molecule has 12 heteroatoms. The number of carbonyl (C=O) groups is 3. The first-order valence-corrected chi connectivity index (χ1v) is 25.0. The fourth-order valence-electron chi connectivity index (χ4n) is 6.58. The molecule has 0 fully saturated rings. The van der Waals surface area contributed by atoms with Gasteiger partial charge in [-0.15, -0.1) is 35.1 Å². The molecular formula is C51H64ClFO8S2. The number of halogens is 2. The van der Waals surface area contributed by atoms with E-state index in [2.05, 4.69) is 13.8 Å². The highest BCUT2D eigenvalue weighted by Crippen LogP contribution is 2.37. The molecule has 4 rings (SSSR count). The van der Waals surface area contributed by atoms with Crippen molar-refractivity contribution in [1.82, 2.24) is 0 Å². The lowest BCUT2D eigenvalue weighted by Gasteiger charge is -2.32. The van der Waals surface area contributed by atoms with Crippen molar-refractivity contribution in [3.05, 3.63) is 131 Å². The monoisotopic (exact) mass is 922 g/mol. The summed E-state index contributed by atoms with van der Waals surface area (Å²) in [4.78, 5) is 39.4. The van der Waals surface area contributed by atoms with Crippen molar-refractivity contribution in [3.8, 4) is 11.5 Å². The third-order valence-corrected chi connectivity index (χ3v) is 13.4. The third-order valence-electron chi connectivity index (χ3n) is 10.2. The van der Waals surface area contributed by atoms with Crippen molar-refractivity contribution >= 4 is 53.0 Å². The molecule has 3 unspecified atom stereocenters. The molecular weight excluding hydrogens is 859 g/mol. The number of alkyl halides is 2. The maximum absolute atomic E-state index is 17.6. The Morgan fingerprint density at radius 1 is 0.571 bits per heavy atom. The summed E-state index contributed by atoms with van der Waals surface area (Å²) in [7, 11) is 0. The molecule has 0 spiro atoms. The maximum atomic E-state index is 17.6. The van der Waals surface area contributed by atoms with Gasteiger partial charge in [0.2, 0.25) is 0 Å². The summed E-state index contributed by atoms with van der Waals surface area (Å²) in [6.45, 7) is 5.12. The second-order valence-electron chi connectivity index (χ2n) is 15.3. The standard InChI is InChI=1S/C51H64ClFO8S2/c1-3-5-7-9-11-19-33-57-43-29-25-39(26-30-43)37-62-51(63-38-40-27-31-44(32-28-40)58-34-20-12-10-8-6-4-2)47(53)48(61-50(56)42-23-17-14-18-24-42)45(60-46(54)35-52)36-59-49(55)41-21-15-13-16-22-41/h13-18,21-32,45,47-48,51H,3-12,19-20,33-38H2,1-2H3. The number of hydrogen-bond acceptors (Lipinski definition) is 10. The SMILES string of the molecule is CCCCCCCCOc1ccc(CSC(SCc2ccc(OCCCCCCCC)cc2)C(F)C(OC(=O)c2ccccc2)C(COC(=O)c2ccccc2)OC(=O)CCl)cc1. The van der Waals surface area contributed by atoms with E-state index >= 15 is 4.39 Å². The molecule has 3 atom stereocenters. The van der Waals surface area contributed by atoms with Crippen molar-refractivity contribution in [2.45, 2.75) is 125 Å². The quantitative estimate of drug-likeness (QED) is 0.0155. The third kappa shape index (κ3) is 20.0. The first kappa shape index (κ1) is 51.4. The van der Waals surface area contributed by atoms with Gasteiger partial charge in [0.25, 0.3) is 0 Å². The Kier molecular flexibility index (Phi) is 25.2. The fourth-order valence-corrected chi connectivity index (χ4v) is 9.21. The predicted octanol–water partition coefficient (Wildman–Crippen LogP) is 13.2. The van der Waals surface area contributed by atoms with Gasteiger partial charge in [0.15, 0.2) is 18.4 Å². The smallest absolute Gasteiger partial charge is 0.338 e. The number of esters is 3. The Hall–Kier alpha value is -4.19. The lowest BCUT2D eigenvalue weighted by molar-refractivity contribution is -0.158. The molecule has 342 valence electrons. The van der Waals surface area contributed by atoms with Crippen LogP contribution in [0.1, 0.15) is 123 Å². The number of hydrogen-bond donors (Lipinski definition) is 0. The summed E-state index contributed by atoms with van der Waals surface area (Å²) in [5.74, 6) is -0.619. The summed E-state index contributed by atoms with van der Waals surface area (Å²) < 4.78 is 45.9. The summed E-state index contributed by atoms with van der Waals surface area (Å²) in [6.07, 6.45) is 9.01. The zero-order valence-corrected chi connectivity index (χ0v) is 39.2. The van der Waals surface area contributed by atoms with Crippen molar-refractivity contribution in [3.63, 3.8) is 0 Å². The highest BCUT2D eigenvalue weighted by Gasteiger charge is 2.42. The number of ether oxygens (including phenoxy) is 5. The zero-order chi connectivity index (χ0) is 44.9. The molecule has 8 nitrogen and oxygen atoms in total. The largest absolute Gasteiger partial charge is 0.494 e. The number of benzene rings is 4. The van der Waals surface area contributed by atoms with E-state index < -0.39 is 53.4 Å². The van der Waals surface area contributed by atoms with Gasteiger partial charge in [0.05, 0.1) is 28.9 Å². The van der Waals surface area contributed by atoms with Crippen LogP contribution < -0.4 is 9.47 Å².